The molecule has 126 valence electrons. The average Bonchev–Trinajstić information content (AvgIpc) is 2.56. The Balaban J connectivity index is 2.07. The summed E-state index contributed by atoms with van der Waals surface area (Å²) in [4.78, 5) is 23.3. The lowest BCUT2D eigenvalue weighted by molar-refractivity contribution is -0.137. The van der Waals surface area contributed by atoms with Crippen LogP contribution in [0.1, 0.15) is 30.5 Å². The topological polar surface area (TPSA) is 75.6 Å². The van der Waals surface area contributed by atoms with Crippen molar-refractivity contribution in [2.45, 2.75) is 25.8 Å². The molecule has 0 saturated carbocycles. The van der Waals surface area contributed by atoms with Crippen LogP contribution >= 0.6 is 0 Å². The third-order valence-electron chi connectivity index (χ3n) is 3.51. The van der Waals surface area contributed by atoms with Gasteiger partial charge in [-0.3, -0.25) is 9.59 Å². The Morgan fingerprint density at radius 3 is 2.33 bits per heavy atom. The molecule has 0 fully saturated rings. The van der Waals surface area contributed by atoms with Crippen molar-refractivity contribution in [2.75, 3.05) is 6.61 Å². The van der Waals surface area contributed by atoms with Gasteiger partial charge in [0.1, 0.15) is 5.75 Å². The molecule has 0 aliphatic carbocycles. The molecule has 2 N–H and O–H groups in total. The summed E-state index contributed by atoms with van der Waals surface area (Å²) in [5.74, 6) is -0.457. The van der Waals surface area contributed by atoms with E-state index in [0.717, 1.165) is 11.1 Å². The van der Waals surface area contributed by atoms with Gasteiger partial charge >= 0.3 is 5.97 Å². The second-order valence-electron chi connectivity index (χ2n) is 5.38. The number of rotatable bonds is 8. The number of hydrogen-bond acceptors (Lipinski definition) is 3. The summed E-state index contributed by atoms with van der Waals surface area (Å²) < 4.78 is 5.38. The lowest BCUT2D eigenvalue weighted by Crippen LogP contribution is -2.31. The lowest BCUT2D eigenvalue weighted by atomic mass is 10.0. The zero-order chi connectivity index (χ0) is 17.4. The molecular weight excluding hydrogens is 306 g/mol. The van der Waals surface area contributed by atoms with E-state index in [1.54, 1.807) is 24.3 Å². The summed E-state index contributed by atoms with van der Waals surface area (Å²) >= 11 is 0. The van der Waals surface area contributed by atoms with Crippen molar-refractivity contribution in [2.24, 2.45) is 0 Å². The normalized spacial score (nSPS) is 11.5. The largest absolute Gasteiger partial charge is 0.494 e. The number of carbonyl (C=O) groups excluding carboxylic acids is 1. The molecule has 1 amide bonds. The molecule has 24 heavy (non-hydrogen) atoms. The molecule has 0 heterocycles. The smallest absolute Gasteiger partial charge is 0.305 e. The number of carbonyl (C=O) groups is 2. The molecule has 2 rings (SSSR count). The third-order valence-corrected chi connectivity index (χ3v) is 3.51. The Morgan fingerprint density at radius 2 is 1.75 bits per heavy atom. The van der Waals surface area contributed by atoms with Crippen LogP contribution in [0, 0.1) is 0 Å². The number of ether oxygens (including phenoxy) is 1. The van der Waals surface area contributed by atoms with E-state index >= 15 is 0 Å². The van der Waals surface area contributed by atoms with E-state index in [-0.39, 0.29) is 18.7 Å². The molecule has 0 spiro atoms. The summed E-state index contributed by atoms with van der Waals surface area (Å²) in [5, 5.41) is 11.9. The summed E-state index contributed by atoms with van der Waals surface area (Å²) in [7, 11) is 0. The minimum atomic E-state index is -0.964. The van der Waals surface area contributed by atoms with Crippen LogP contribution in [-0.4, -0.2) is 23.6 Å². The van der Waals surface area contributed by atoms with Crippen molar-refractivity contribution in [3.05, 3.63) is 65.7 Å². The van der Waals surface area contributed by atoms with Crippen molar-refractivity contribution >= 4 is 11.9 Å². The first-order valence-electron chi connectivity index (χ1n) is 7.86. The molecular formula is C19H21NO4. The number of carboxylic acids is 1. The van der Waals surface area contributed by atoms with Gasteiger partial charge in [0.15, 0.2) is 0 Å². The van der Waals surface area contributed by atoms with Crippen molar-refractivity contribution in [1.82, 2.24) is 5.32 Å². The number of benzene rings is 2. The number of nitrogens with one attached hydrogen (secondary N) is 1. The van der Waals surface area contributed by atoms with Gasteiger partial charge in [0, 0.05) is 0 Å². The van der Waals surface area contributed by atoms with E-state index in [4.69, 9.17) is 9.84 Å². The van der Waals surface area contributed by atoms with Gasteiger partial charge in [-0.1, -0.05) is 42.5 Å². The molecule has 5 nitrogen and oxygen atoms in total. The van der Waals surface area contributed by atoms with E-state index in [1.165, 1.54) is 0 Å². The van der Waals surface area contributed by atoms with Crippen molar-refractivity contribution in [3.8, 4) is 5.75 Å². The van der Waals surface area contributed by atoms with Gasteiger partial charge in [-0.15, -0.1) is 0 Å². The quantitative estimate of drug-likeness (QED) is 0.781. The molecule has 2 aromatic carbocycles. The summed E-state index contributed by atoms with van der Waals surface area (Å²) in [6.07, 6.45) is 0.0441. The minimum absolute atomic E-state index is 0.172. The van der Waals surface area contributed by atoms with Gasteiger partial charge in [0.25, 0.3) is 0 Å². The van der Waals surface area contributed by atoms with Crippen molar-refractivity contribution in [1.29, 1.82) is 0 Å². The zero-order valence-electron chi connectivity index (χ0n) is 13.6. The number of hydrogen-bond donors (Lipinski definition) is 2. The molecule has 1 atom stereocenters. The van der Waals surface area contributed by atoms with Gasteiger partial charge in [-0.05, 0) is 30.2 Å². The first-order chi connectivity index (χ1) is 11.6. The maximum absolute atomic E-state index is 12.2. The average molecular weight is 327 g/mol. The van der Waals surface area contributed by atoms with Crippen LogP contribution < -0.4 is 10.1 Å². The van der Waals surface area contributed by atoms with E-state index in [1.807, 2.05) is 37.3 Å². The number of aliphatic carboxylic acids is 1. The van der Waals surface area contributed by atoms with Crippen LogP contribution in [0.15, 0.2) is 54.6 Å². The van der Waals surface area contributed by atoms with Gasteiger partial charge in [-0.25, -0.2) is 0 Å². The van der Waals surface area contributed by atoms with Crippen molar-refractivity contribution in [3.63, 3.8) is 0 Å². The van der Waals surface area contributed by atoms with Crippen LogP contribution in [0.25, 0.3) is 0 Å². The Bertz CT molecular complexity index is 668. The second-order valence-corrected chi connectivity index (χ2v) is 5.38. The van der Waals surface area contributed by atoms with Crippen LogP contribution in [0.2, 0.25) is 0 Å². The van der Waals surface area contributed by atoms with Gasteiger partial charge in [0.2, 0.25) is 5.91 Å². The van der Waals surface area contributed by atoms with E-state index in [0.29, 0.717) is 12.4 Å². The number of carboxylic acid groups (broad SMARTS) is 1. The standard InChI is InChI=1S/C19H21NO4/c1-2-24-16-10-8-15(9-11-16)17(13-19(22)23)20-18(21)12-14-6-4-3-5-7-14/h3-11,17H,2,12-13H2,1H3,(H,20,21)(H,22,23). The fraction of sp³-hybridized carbons (Fsp3) is 0.263. The first kappa shape index (κ1) is 17.5. The highest BCUT2D eigenvalue weighted by molar-refractivity contribution is 5.80. The fourth-order valence-corrected chi connectivity index (χ4v) is 2.42. The molecule has 1 unspecified atom stereocenters. The van der Waals surface area contributed by atoms with Crippen LogP contribution in [0.5, 0.6) is 5.75 Å². The summed E-state index contributed by atoms with van der Waals surface area (Å²) in [5.41, 5.74) is 1.62. The third kappa shape index (κ3) is 5.43. The molecule has 0 aliphatic rings. The highest BCUT2D eigenvalue weighted by atomic mass is 16.5. The van der Waals surface area contributed by atoms with E-state index in [9.17, 15) is 9.59 Å². The van der Waals surface area contributed by atoms with Crippen molar-refractivity contribution < 1.29 is 19.4 Å². The van der Waals surface area contributed by atoms with E-state index in [2.05, 4.69) is 5.32 Å². The second kappa shape index (κ2) is 8.72. The maximum atomic E-state index is 12.2. The van der Waals surface area contributed by atoms with Crippen LogP contribution in [-0.2, 0) is 16.0 Å². The highest BCUT2D eigenvalue weighted by Crippen LogP contribution is 2.21. The zero-order valence-corrected chi connectivity index (χ0v) is 13.6. The SMILES string of the molecule is CCOc1ccc(C(CC(=O)O)NC(=O)Cc2ccccc2)cc1. The molecule has 0 aliphatic heterocycles. The minimum Gasteiger partial charge on any atom is -0.494 e. The molecule has 0 radical (unpaired) electrons. The molecule has 0 saturated heterocycles. The van der Waals surface area contributed by atoms with E-state index < -0.39 is 12.0 Å². The summed E-state index contributed by atoms with van der Waals surface area (Å²) in [6, 6.07) is 15.9. The molecule has 0 bridgehead atoms. The Morgan fingerprint density at radius 1 is 1.08 bits per heavy atom. The fourth-order valence-electron chi connectivity index (χ4n) is 2.42. The Labute approximate surface area is 141 Å². The Hall–Kier alpha value is -2.82. The van der Waals surface area contributed by atoms with Crippen LogP contribution in [0.3, 0.4) is 0 Å². The molecule has 5 heteroatoms. The lowest BCUT2D eigenvalue weighted by Gasteiger charge is -2.18. The van der Waals surface area contributed by atoms with Gasteiger partial charge in [0.05, 0.1) is 25.5 Å². The Kier molecular flexibility index (Phi) is 6.37. The summed E-state index contributed by atoms with van der Waals surface area (Å²) in [6.45, 7) is 2.46. The highest BCUT2D eigenvalue weighted by Gasteiger charge is 2.18. The first-order valence-corrected chi connectivity index (χ1v) is 7.86. The predicted octanol–water partition coefficient (Wildman–Crippen LogP) is 2.96. The van der Waals surface area contributed by atoms with Gasteiger partial charge in [-0.2, -0.15) is 0 Å². The molecule has 0 aromatic heterocycles. The molecule has 2 aromatic rings. The number of amides is 1. The predicted molar refractivity (Wildman–Crippen MR) is 90.9 cm³/mol. The maximum Gasteiger partial charge on any atom is 0.305 e. The monoisotopic (exact) mass is 327 g/mol. The van der Waals surface area contributed by atoms with Crippen LogP contribution in [0.4, 0.5) is 0 Å². The van der Waals surface area contributed by atoms with Gasteiger partial charge < -0.3 is 15.2 Å².